The molecule has 124 valence electrons. The van der Waals surface area contributed by atoms with Gasteiger partial charge in [0.1, 0.15) is 0 Å². The van der Waals surface area contributed by atoms with Crippen LogP contribution in [0.4, 0.5) is 5.69 Å². The lowest BCUT2D eigenvalue weighted by molar-refractivity contribution is 0.408. The van der Waals surface area contributed by atoms with Gasteiger partial charge in [0.2, 0.25) is 0 Å². The summed E-state index contributed by atoms with van der Waals surface area (Å²) in [4.78, 5) is 4.48. The first-order valence-corrected chi connectivity index (χ1v) is 8.28. The van der Waals surface area contributed by atoms with Gasteiger partial charge in [-0.25, -0.2) is 0 Å². The van der Waals surface area contributed by atoms with Crippen molar-refractivity contribution in [2.24, 2.45) is 0 Å². The van der Waals surface area contributed by atoms with E-state index in [0.717, 1.165) is 0 Å². The van der Waals surface area contributed by atoms with Crippen molar-refractivity contribution in [1.82, 2.24) is 10.1 Å². The smallest absolute Gasteiger partial charge is 0.259 e. The molecule has 24 heavy (non-hydrogen) atoms. The first-order valence-electron chi connectivity index (χ1n) is 7.15. The van der Waals surface area contributed by atoms with Gasteiger partial charge in [-0.3, -0.25) is 0 Å². The Kier molecular flexibility index (Phi) is 4.47. The predicted octanol–water partition coefficient (Wildman–Crippen LogP) is 5.60. The van der Waals surface area contributed by atoms with E-state index in [9.17, 15) is 0 Å². The van der Waals surface area contributed by atoms with Gasteiger partial charge in [0, 0.05) is 21.3 Å². The lowest BCUT2D eigenvalue weighted by atomic mass is 9.83. The number of nitrogen functional groups attached to an aromatic ring is 1. The molecule has 0 radical (unpaired) electrons. The summed E-state index contributed by atoms with van der Waals surface area (Å²) in [5.41, 5.74) is 6.95. The van der Waals surface area contributed by atoms with Gasteiger partial charge in [-0.15, -0.1) is 0 Å². The Morgan fingerprint density at radius 1 is 1.00 bits per heavy atom. The standard InChI is InChI=1S/C17H14Cl3N3O/c1-17(2,14-12(19)7-9(21)8-13(14)20)16-22-15(24-23-16)10-5-3-4-6-11(10)18/h3-8H,21H2,1-2H3. The zero-order chi connectivity index (χ0) is 17.5. The topological polar surface area (TPSA) is 64.9 Å². The van der Waals surface area contributed by atoms with E-state index in [1.165, 1.54) is 0 Å². The highest BCUT2D eigenvalue weighted by atomic mass is 35.5. The van der Waals surface area contributed by atoms with Crippen molar-refractivity contribution in [2.75, 3.05) is 5.73 Å². The van der Waals surface area contributed by atoms with E-state index in [4.69, 9.17) is 45.1 Å². The first-order chi connectivity index (χ1) is 11.3. The predicted molar refractivity (Wildman–Crippen MR) is 97.7 cm³/mol. The van der Waals surface area contributed by atoms with Crippen LogP contribution in [0.1, 0.15) is 25.2 Å². The molecule has 0 saturated heterocycles. The number of hydrogen-bond donors (Lipinski definition) is 1. The Bertz CT molecular complexity index is 883. The van der Waals surface area contributed by atoms with Gasteiger partial charge in [0.25, 0.3) is 5.89 Å². The molecule has 2 N–H and O–H groups in total. The molecule has 0 atom stereocenters. The molecule has 0 aliphatic heterocycles. The normalized spacial score (nSPS) is 11.7. The number of nitrogens with zero attached hydrogens (tertiary/aromatic N) is 2. The Hall–Kier alpha value is -1.75. The van der Waals surface area contributed by atoms with E-state index in [2.05, 4.69) is 10.1 Å². The molecule has 0 saturated carbocycles. The highest BCUT2D eigenvalue weighted by molar-refractivity contribution is 6.36. The van der Waals surface area contributed by atoms with Crippen molar-refractivity contribution in [3.8, 4) is 11.5 Å². The molecule has 1 heterocycles. The van der Waals surface area contributed by atoms with Crippen molar-refractivity contribution < 1.29 is 4.52 Å². The number of aromatic nitrogens is 2. The average Bonchev–Trinajstić information content (AvgIpc) is 2.96. The third kappa shape index (κ3) is 2.97. The van der Waals surface area contributed by atoms with Gasteiger partial charge in [-0.1, -0.05) is 52.1 Å². The van der Waals surface area contributed by atoms with Crippen LogP contribution in [0, 0.1) is 0 Å². The summed E-state index contributed by atoms with van der Waals surface area (Å²) >= 11 is 18.9. The Morgan fingerprint density at radius 2 is 1.62 bits per heavy atom. The fourth-order valence-electron chi connectivity index (χ4n) is 2.52. The highest BCUT2D eigenvalue weighted by Crippen LogP contribution is 2.41. The maximum Gasteiger partial charge on any atom is 0.259 e. The zero-order valence-corrected chi connectivity index (χ0v) is 15.2. The largest absolute Gasteiger partial charge is 0.399 e. The Morgan fingerprint density at radius 3 is 2.25 bits per heavy atom. The van der Waals surface area contributed by atoms with Gasteiger partial charge in [0.15, 0.2) is 5.82 Å². The van der Waals surface area contributed by atoms with E-state index < -0.39 is 5.41 Å². The van der Waals surface area contributed by atoms with Gasteiger partial charge < -0.3 is 10.3 Å². The van der Waals surface area contributed by atoms with Crippen molar-refractivity contribution >= 4 is 40.5 Å². The molecule has 0 spiro atoms. The lowest BCUT2D eigenvalue weighted by Gasteiger charge is -2.24. The van der Waals surface area contributed by atoms with Crippen LogP contribution in [-0.2, 0) is 5.41 Å². The van der Waals surface area contributed by atoms with Crippen LogP contribution in [0.15, 0.2) is 40.9 Å². The number of nitrogens with two attached hydrogens (primary N) is 1. The fourth-order valence-corrected chi connectivity index (χ4v) is 3.72. The Balaban J connectivity index is 2.08. The second kappa shape index (κ2) is 6.28. The van der Waals surface area contributed by atoms with Crippen molar-refractivity contribution in [3.05, 3.63) is 62.9 Å². The summed E-state index contributed by atoms with van der Waals surface area (Å²) in [6.07, 6.45) is 0. The molecule has 2 aromatic carbocycles. The van der Waals surface area contributed by atoms with E-state index in [1.807, 2.05) is 32.0 Å². The quantitative estimate of drug-likeness (QED) is 0.598. The SMILES string of the molecule is CC(C)(c1noc(-c2ccccc2Cl)n1)c1c(Cl)cc(N)cc1Cl. The van der Waals surface area contributed by atoms with Crippen LogP contribution >= 0.6 is 34.8 Å². The van der Waals surface area contributed by atoms with E-state index in [0.29, 0.717) is 43.6 Å². The average molecular weight is 383 g/mol. The summed E-state index contributed by atoms with van der Waals surface area (Å²) in [5.74, 6) is 0.789. The summed E-state index contributed by atoms with van der Waals surface area (Å²) in [7, 11) is 0. The number of halogens is 3. The molecule has 0 unspecified atom stereocenters. The minimum atomic E-state index is -0.676. The summed E-state index contributed by atoms with van der Waals surface area (Å²) in [6, 6.07) is 10.6. The molecule has 0 aliphatic carbocycles. The number of hydrogen-bond acceptors (Lipinski definition) is 4. The highest BCUT2D eigenvalue weighted by Gasteiger charge is 2.33. The van der Waals surface area contributed by atoms with Crippen LogP contribution in [0.5, 0.6) is 0 Å². The minimum absolute atomic E-state index is 0.339. The number of anilines is 1. The summed E-state index contributed by atoms with van der Waals surface area (Å²) in [5, 5.41) is 5.53. The van der Waals surface area contributed by atoms with E-state index in [1.54, 1.807) is 18.2 Å². The molecule has 3 aromatic rings. The molecule has 0 amide bonds. The fraction of sp³-hybridized carbons (Fsp3) is 0.176. The van der Waals surface area contributed by atoms with Gasteiger partial charge in [-0.05, 0) is 38.1 Å². The molecule has 7 heteroatoms. The van der Waals surface area contributed by atoms with Crippen molar-refractivity contribution in [1.29, 1.82) is 0 Å². The number of benzene rings is 2. The van der Waals surface area contributed by atoms with Gasteiger partial charge in [-0.2, -0.15) is 4.98 Å². The molecule has 0 fully saturated rings. The van der Waals surface area contributed by atoms with Crippen molar-refractivity contribution in [3.63, 3.8) is 0 Å². The van der Waals surface area contributed by atoms with E-state index >= 15 is 0 Å². The van der Waals surface area contributed by atoms with Crippen LogP contribution in [0.2, 0.25) is 15.1 Å². The maximum atomic E-state index is 6.35. The zero-order valence-electron chi connectivity index (χ0n) is 13.0. The molecular weight excluding hydrogens is 369 g/mol. The van der Waals surface area contributed by atoms with Crippen LogP contribution < -0.4 is 5.73 Å². The third-order valence-electron chi connectivity index (χ3n) is 3.78. The molecular formula is C17H14Cl3N3O. The van der Waals surface area contributed by atoms with Gasteiger partial charge in [0.05, 0.1) is 16.0 Å². The van der Waals surface area contributed by atoms with Crippen molar-refractivity contribution in [2.45, 2.75) is 19.3 Å². The molecule has 3 rings (SSSR count). The number of rotatable bonds is 3. The monoisotopic (exact) mass is 381 g/mol. The lowest BCUT2D eigenvalue weighted by Crippen LogP contribution is -2.22. The molecule has 4 nitrogen and oxygen atoms in total. The second-order valence-electron chi connectivity index (χ2n) is 5.89. The first kappa shape index (κ1) is 17.1. The molecule has 1 aromatic heterocycles. The summed E-state index contributed by atoms with van der Waals surface area (Å²) in [6.45, 7) is 3.83. The Labute approximate surface area is 154 Å². The van der Waals surface area contributed by atoms with Gasteiger partial charge >= 0.3 is 0 Å². The minimum Gasteiger partial charge on any atom is -0.399 e. The molecule has 0 bridgehead atoms. The maximum absolute atomic E-state index is 6.35. The summed E-state index contributed by atoms with van der Waals surface area (Å²) < 4.78 is 5.39. The van der Waals surface area contributed by atoms with Crippen LogP contribution in [0.3, 0.4) is 0 Å². The van der Waals surface area contributed by atoms with Crippen LogP contribution in [-0.4, -0.2) is 10.1 Å². The third-order valence-corrected chi connectivity index (χ3v) is 4.70. The van der Waals surface area contributed by atoms with E-state index in [-0.39, 0.29) is 0 Å². The second-order valence-corrected chi connectivity index (χ2v) is 7.11. The van der Waals surface area contributed by atoms with Crippen LogP contribution in [0.25, 0.3) is 11.5 Å². The molecule has 0 aliphatic rings.